The molecular formula is C22H32F2N2S. The van der Waals surface area contributed by atoms with Crippen LogP contribution < -0.4 is 10.5 Å². The Hall–Kier alpha value is -1.59. The van der Waals surface area contributed by atoms with Crippen molar-refractivity contribution in [2.75, 3.05) is 11.9 Å². The molecule has 1 aliphatic carbocycles. The summed E-state index contributed by atoms with van der Waals surface area (Å²) in [5.41, 5.74) is 2.09. The van der Waals surface area contributed by atoms with Gasteiger partial charge in [-0.2, -0.15) is 0 Å². The second-order valence-corrected chi connectivity index (χ2v) is 7.31. The maximum absolute atomic E-state index is 13.3. The molecule has 2 atom stereocenters. The van der Waals surface area contributed by atoms with E-state index in [1.165, 1.54) is 23.6 Å². The van der Waals surface area contributed by atoms with E-state index in [1.54, 1.807) is 6.07 Å². The molecule has 0 amide bonds. The van der Waals surface area contributed by atoms with E-state index in [9.17, 15) is 8.78 Å². The molecule has 0 bridgehead atoms. The van der Waals surface area contributed by atoms with Crippen molar-refractivity contribution in [2.45, 2.75) is 52.4 Å². The fraction of sp³-hybridized carbons (Fsp3) is 0.455. The fourth-order valence-electron chi connectivity index (χ4n) is 3.37. The molecule has 3 N–H and O–H groups in total. The Labute approximate surface area is 167 Å². The molecule has 0 aromatic heterocycles. The van der Waals surface area contributed by atoms with Gasteiger partial charge in [0.25, 0.3) is 0 Å². The topological polar surface area (TPSA) is 38.0 Å². The van der Waals surface area contributed by atoms with E-state index in [0.29, 0.717) is 17.5 Å². The van der Waals surface area contributed by atoms with Crippen molar-refractivity contribution in [3.63, 3.8) is 0 Å². The van der Waals surface area contributed by atoms with Crippen molar-refractivity contribution in [1.82, 2.24) is 0 Å². The van der Waals surface area contributed by atoms with Crippen LogP contribution in [-0.2, 0) is 0 Å². The smallest absolute Gasteiger partial charge is 0.160 e. The van der Waals surface area contributed by atoms with E-state index in [-0.39, 0.29) is 5.41 Å². The molecule has 0 radical (unpaired) electrons. The lowest BCUT2D eigenvalue weighted by atomic mass is 10.0. The average Bonchev–Trinajstić information content (AvgIpc) is 3.26. The average molecular weight is 395 g/mol. The summed E-state index contributed by atoms with van der Waals surface area (Å²) in [6, 6.07) is 12.2. The van der Waals surface area contributed by atoms with Gasteiger partial charge in [0.2, 0.25) is 0 Å². The lowest BCUT2D eigenvalue weighted by Crippen LogP contribution is -2.07. The Kier molecular flexibility index (Phi) is 9.27. The molecule has 5 heteroatoms. The molecule has 2 aromatic carbocycles. The second kappa shape index (κ2) is 10.7. The van der Waals surface area contributed by atoms with Crippen molar-refractivity contribution in [2.24, 2.45) is 16.5 Å². The summed E-state index contributed by atoms with van der Waals surface area (Å²) in [6.45, 7) is 13.2. The van der Waals surface area contributed by atoms with Gasteiger partial charge in [-0.3, -0.25) is 5.14 Å². The number of nitrogens with one attached hydrogen (secondary N) is 1. The van der Waals surface area contributed by atoms with Crippen LogP contribution >= 0.6 is 11.9 Å². The van der Waals surface area contributed by atoms with Gasteiger partial charge >= 0.3 is 0 Å². The molecule has 1 fully saturated rings. The van der Waals surface area contributed by atoms with Crippen molar-refractivity contribution in [1.29, 1.82) is 0 Å². The highest BCUT2D eigenvalue weighted by atomic mass is 32.2. The van der Waals surface area contributed by atoms with E-state index in [2.05, 4.69) is 31.3 Å². The van der Waals surface area contributed by atoms with Crippen molar-refractivity contribution in [3.05, 3.63) is 59.7 Å². The largest absolute Gasteiger partial charge is 0.385 e. The lowest BCUT2D eigenvalue weighted by molar-refractivity contribution is 0.509. The minimum atomic E-state index is -0.823. The van der Waals surface area contributed by atoms with Gasteiger partial charge in [-0.1, -0.05) is 53.7 Å². The molecule has 2 aromatic rings. The predicted octanol–water partition coefficient (Wildman–Crippen LogP) is 6.83. The SMILES string of the molecule is CC.CC.CC1(C)C(CNc2ccc(F)c(F)c2)C1c1ccc(SN)cc1. The zero-order valence-corrected chi connectivity index (χ0v) is 18.0. The number of halogens is 2. The predicted molar refractivity (Wildman–Crippen MR) is 114 cm³/mol. The Morgan fingerprint density at radius 2 is 1.56 bits per heavy atom. The Bertz CT molecular complexity index is 702. The van der Waals surface area contributed by atoms with Crippen LogP contribution in [0.2, 0.25) is 0 Å². The van der Waals surface area contributed by atoms with E-state index >= 15 is 0 Å². The van der Waals surface area contributed by atoms with Gasteiger partial charge in [0, 0.05) is 17.1 Å². The van der Waals surface area contributed by atoms with E-state index in [4.69, 9.17) is 5.14 Å². The number of benzene rings is 2. The third kappa shape index (κ3) is 5.69. The summed E-state index contributed by atoms with van der Waals surface area (Å²) in [6.07, 6.45) is 0. The summed E-state index contributed by atoms with van der Waals surface area (Å²) < 4.78 is 26.2. The maximum Gasteiger partial charge on any atom is 0.160 e. The van der Waals surface area contributed by atoms with Gasteiger partial charge in [-0.25, -0.2) is 8.78 Å². The monoisotopic (exact) mass is 394 g/mol. The summed E-state index contributed by atoms with van der Waals surface area (Å²) in [7, 11) is 0. The van der Waals surface area contributed by atoms with Crippen molar-refractivity contribution >= 4 is 17.6 Å². The normalized spacial score (nSPS) is 19.1. The summed E-state index contributed by atoms with van der Waals surface area (Å²) in [4.78, 5) is 1.05. The highest BCUT2D eigenvalue weighted by molar-refractivity contribution is 7.97. The standard InChI is InChI=1S/C18H20F2N2S.2C2H6/c1-18(2)14(10-22-12-5-8-15(19)16(20)9-12)17(18)11-3-6-13(23-21)7-4-11;2*1-2/h3-9,14,17,22H,10,21H2,1-2H3;2*1-2H3. The maximum atomic E-state index is 13.3. The second-order valence-electron chi connectivity index (χ2n) is 6.60. The number of hydrogen-bond acceptors (Lipinski definition) is 3. The van der Waals surface area contributed by atoms with Gasteiger partial charge < -0.3 is 5.32 Å². The zero-order chi connectivity index (χ0) is 20.6. The number of rotatable bonds is 5. The first-order chi connectivity index (χ1) is 12.9. The minimum absolute atomic E-state index is 0.183. The number of nitrogens with two attached hydrogens (primary N) is 1. The summed E-state index contributed by atoms with van der Waals surface area (Å²) >= 11 is 1.24. The van der Waals surface area contributed by atoms with Gasteiger partial charge in [-0.15, -0.1) is 0 Å². The van der Waals surface area contributed by atoms with Crippen LogP contribution in [0.4, 0.5) is 14.5 Å². The van der Waals surface area contributed by atoms with Crippen molar-refractivity contribution < 1.29 is 8.78 Å². The summed E-state index contributed by atoms with van der Waals surface area (Å²) in [5, 5.41) is 8.78. The van der Waals surface area contributed by atoms with Crippen LogP contribution in [0.1, 0.15) is 53.0 Å². The molecule has 3 rings (SSSR count). The molecule has 2 unspecified atom stereocenters. The molecule has 0 heterocycles. The first-order valence-electron chi connectivity index (χ1n) is 9.59. The minimum Gasteiger partial charge on any atom is -0.385 e. The van der Waals surface area contributed by atoms with E-state index in [0.717, 1.165) is 17.5 Å². The fourth-order valence-corrected chi connectivity index (χ4v) is 3.67. The van der Waals surface area contributed by atoms with Crippen LogP contribution in [0.5, 0.6) is 0 Å². The molecule has 2 nitrogen and oxygen atoms in total. The van der Waals surface area contributed by atoms with Crippen LogP contribution in [0.3, 0.4) is 0 Å². The van der Waals surface area contributed by atoms with Crippen LogP contribution in [0.25, 0.3) is 0 Å². The van der Waals surface area contributed by atoms with Gasteiger partial charge in [0.05, 0.1) is 0 Å². The third-order valence-electron chi connectivity index (χ3n) is 4.87. The molecule has 1 saturated carbocycles. The quantitative estimate of drug-likeness (QED) is 0.546. The van der Waals surface area contributed by atoms with E-state index in [1.807, 2.05) is 39.8 Å². The third-order valence-corrected chi connectivity index (χ3v) is 5.42. The molecule has 0 saturated heterocycles. The Morgan fingerprint density at radius 3 is 2.07 bits per heavy atom. The van der Waals surface area contributed by atoms with Gasteiger partial charge in [0.15, 0.2) is 11.6 Å². The number of anilines is 1. The summed E-state index contributed by atoms with van der Waals surface area (Å²) in [5.74, 6) is -0.737. The first-order valence-corrected chi connectivity index (χ1v) is 10.5. The van der Waals surface area contributed by atoms with Crippen molar-refractivity contribution in [3.8, 4) is 0 Å². The Morgan fingerprint density at radius 1 is 0.963 bits per heavy atom. The highest BCUT2D eigenvalue weighted by Crippen LogP contribution is 2.64. The molecule has 0 spiro atoms. The van der Waals surface area contributed by atoms with Crippen LogP contribution in [-0.4, -0.2) is 6.54 Å². The molecule has 27 heavy (non-hydrogen) atoms. The molecule has 1 aliphatic rings. The van der Waals surface area contributed by atoms with Crippen LogP contribution in [0.15, 0.2) is 47.4 Å². The molecular weight excluding hydrogens is 362 g/mol. The Balaban J connectivity index is 0.000000855. The zero-order valence-electron chi connectivity index (χ0n) is 17.1. The van der Waals surface area contributed by atoms with Gasteiger partial charge in [-0.05, 0) is 65.1 Å². The first kappa shape index (κ1) is 23.4. The van der Waals surface area contributed by atoms with Crippen LogP contribution in [0, 0.1) is 23.0 Å². The lowest BCUT2D eigenvalue weighted by Gasteiger charge is -2.07. The highest BCUT2D eigenvalue weighted by Gasteiger charge is 2.57. The number of hydrogen-bond donors (Lipinski definition) is 2. The molecule has 150 valence electrons. The van der Waals surface area contributed by atoms with Gasteiger partial charge in [0.1, 0.15) is 0 Å². The molecule has 0 aliphatic heterocycles. The van der Waals surface area contributed by atoms with E-state index < -0.39 is 11.6 Å².